The maximum absolute atomic E-state index is 10.7. The molecule has 0 aliphatic carbocycles. The Balaban J connectivity index is 4.53. The van der Waals surface area contributed by atoms with E-state index in [1.54, 1.807) is 12.2 Å². The van der Waals surface area contributed by atoms with Crippen molar-refractivity contribution in [1.82, 2.24) is 0 Å². The molecule has 13 heavy (non-hydrogen) atoms. The van der Waals surface area contributed by atoms with Crippen LogP contribution in [-0.4, -0.2) is 12.1 Å². The Labute approximate surface area is 78.9 Å². The summed E-state index contributed by atoms with van der Waals surface area (Å²) in [4.78, 5) is 10.7. The van der Waals surface area contributed by atoms with Crippen LogP contribution in [0.25, 0.3) is 0 Å². The Hall–Kier alpha value is -1.53. The van der Waals surface area contributed by atoms with Gasteiger partial charge in [-0.1, -0.05) is 19.2 Å². The van der Waals surface area contributed by atoms with Gasteiger partial charge in [0.15, 0.2) is 0 Å². The van der Waals surface area contributed by atoms with Gasteiger partial charge in [0, 0.05) is 12.5 Å². The summed E-state index contributed by atoms with van der Waals surface area (Å²) in [5, 5.41) is 0. The summed E-state index contributed by atoms with van der Waals surface area (Å²) >= 11 is 0. The first-order chi connectivity index (χ1) is 6.15. The fraction of sp³-hybridized carbons (Fsp3) is 0.273. The molecule has 1 unspecified atom stereocenters. The summed E-state index contributed by atoms with van der Waals surface area (Å²) in [6.45, 7) is 12.0. The zero-order chi connectivity index (χ0) is 10.3. The van der Waals surface area contributed by atoms with Crippen LogP contribution in [0.2, 0.25) is 0 Å². The summed E-state index contributed by atoms with van der Waals surface area (Å²) in [7, 11) is 0. The largest absolute Gasteiger partial charge is 0.453 e. The average molecular weight is 178 g/mol. The van der Waals surface area contributed by atoms with E-state index in [0.29, 0.717) is 6.42 Å². The monoisotopic (exact) mass is 178 g/mol. The Bertz CT molecular complexity index is 257. The van der Waals surface area contributed by atoms with Crippen molar-refractivity contribution in [3.05, 3.63) is 43.2 Å². The number of carbonyl (C=O) groups is 1. The van der Waals surface area contributed by atoms with Crippen molar-refractivity contribution in [3.63, 3.8) is 0 Å². The number of ether oxygens (including phenoxy) is 1. The molecule has 0 aromatic rings. The van der Waals surface area contributed by atoms with Crippen LogP contribution in [0.15, 0.2) is 43.2 Å². The van der Waals surface area contributed by atoms with Crippen LogP contribution in [0.5, 0.6) is 0 Å². The quantitative estimate of drug-likeness (QED) is 0.367. The van der Waals surface area contributed by atoms with Gasteiger partial charge in [0.1, 0.15) is 6.10 Å². The van der Waals surface area contributed by atoms with Crippen molar-refractivity contribution in [2.75, 3.05) is 0 Å². The summed E-state index contributed by atoms with van der Waals surface area (Å²) in [6.07, 6.45) is 3.40. The highest BCUT2D eigenvalue weighted by Gasteiger charge is 2.11. The topological polar surface area (TPSA) is 26.3 Å². The third-order valence-corrected chi connectivity index (χ3v) is 1.44. The number of carbonyl (C=O) groups excluding carboxylic acids is 1. The van der Waals surface area contributed by atoms with Crippen molar-refractivity contribution in [2.45, 2.75) is 19.4 Å². The fourth-order valence-corrected chi connectivity index (χ4v) is 0.885. The third kappa shape index (κ3) is 4.14. The van der Waals surface area contributed by atoms with E-state index >= 15 is 0 Å². The van der Waals surface area contributed by atoms with Gasteiger partial charge in [-0.3, -0.25) is 4.79 Å². The second kappa shape index (κ2) is 6.04. The number of allylic oxidation sites excluding steroid dienone is 1. The number of esters is 1. The van der Waals surface area contributed by atoms with Gasteiger partial charge in [0.2, 0.25) is 0 Å². The molecule has 1 atom stereocenters. The maximum atomic E-state index is 10.7. The standard InChI is InChI=1S/C11H14O2/c1-5-8-10(6-2)11(7-3)13-9(4)12/h5,7,11H,1-3,8H2,4H3. The molecular weight excluding hydrogens is 164 g/mol. The first kappa shape index (κ1) is 11.5. The van der Waals surface area contributed by atoms with Crippen molar-refractivity contribution in [2.24, 2.45) is 0 Å². The minimum atomic E-state index is -0.437. The Kier molecular flexibility index (Phi) is 5.33. The van der Waals surface area contributed by atoms with Gasteiger partial charge in [-0.2, -0.15) is 0 Å². The molecule has 0 amide bonds. The van der Waals surface area contributed by atoms with Crippen LogP contribution in [0, 0.1) is 0 Å². The highest BCUT2D eigenvalue weighted by molar-refractivity contribution is 5.66. The van der Waals surface area contributed by atoms with Crippen LogP contribution in [0.3, 0.4) is 0 Å². The highest BCUT2D eigenvalue weighted by atomic mass is 16.5. The van der Waals surface area contributed by atoms with Gasteiger partial charge in [0.05, 0.1) is 0 Å². The highest BCUT2D eigenvalue weighted by Crippen LogP contribution is 2.11. The van der Waals surface area contributed by atoms with Crippen LogP contribution in [0.4, 0.5) is 0 Å². The van der Waals surface area contributed by atoms with Gasteiger partial charge in [0.25, 0.3) is 0 Å². The van der Waals surface area contributed by atoms with Gasteiger partial charge >= 0.3 is 5.97 Å². The summed E-state index contributed by atoms with van der Waals surface area (Å²) in [6, 6.07) is 0. The van der Waals surface area contributed by atoms with E-state index in [1.165, 1.54) is 6.92 Å². The molecule has 0 rings (SSSR count). The number of hydrogen-bond donors (Lipinski definition) is 0. The van der Waals surface area contributed by atoms with E-state index in [4.69, 9.17) is 4.74 Å². The Morgan fingerprint density at radius 3 is 2.54 bits per heavy atom. The van der Waals surface area contributed by atoms with Crippen molar-refractivity contribution >= 4 is 5.97 Å². The summed E-state index contributed by atoms with van der Waals surface area (Å²) in [5.41, 5.74) is 3.47. The Morgan fingerprint density at radius 2 is 2.23 bits per heavy atom. The van der Waals surface area contributed by atoms with Crippen LogP contribution >= 0.6 is 0 Å². The first-order valence-electron chi connectivity index (χ1n) is 3.95. The predicted octanol–water partition coefficient (Wildman–Crippen LogP) is 2.39. The normalized spacial score (nSPS) is 10.8. The number of rotatable bonds is 5. The van der Waals surface area contributed by atoms with Crippen LogP contribution in [-0.2, 0) is 9.53 Å². The molecule has 0 saturated carbocycles. The molecule has 0 fully saturated rings. The molecular formula is C11H14O2. The molecule has 0 spiro atoms. The van der Waals surface area contributed by atoms with Crippen molar-refractivity contribution < 1.29 is 9.53 Å². The zero-order valence-corrected chi connectivity index (χ0v) is 7.88. The molecule has 0 aromatic heterocycles. The van der Waals surface area contributed by atoms with Gasteiger partial charge < -0.3 is 4.74 Å². The molecule has 0 aliphatic rings. The van der Waals surface area contributed by atoms with E-state index in [1.807, 2.05) is 0 Å². The SMILES string of the molecule is C=C=C(CC=C)C(C=C)OC(C)=O. The van der Waals surface area contributed by atoms with Crippen molar-refractivity contribution in [3.8, 4) is 0 Å². The minimum Gasteiger partial charge on any atom is -0.453 e. The second-order valence-electron chi connectivity index (χ2n) is 2.46. The predicted molar refractivity (Wildman–Crippen MR) is 53.2 cm³/mol. The third-order valence-electron chi connectivity index (χ3n) is 1.44. The molecule has 0 bridgehead atoms. The lowest BCUT2D eigenvalue weighted by Gasteiger charge is -2.13. The summed E-state index contributed by atoms with van der Waals surface area (Å²) < 4.78 is 4.96. The van der Waals surface area contributed by atoms with E-state index in [9.17, 15) is 4.79 Å². The van der Waals surface area contributed by atoms with E-state index < -0.39 is 6.10 Å². The lowest BCUT2D eigenvalue weighted by atomic mass is 10.1. The first-order valence-corrected chi connectivity index (χ1v) is 3.95. The zero-order valence-electron chi connectivity index (χ0n) is 7.88. The molecule has 2 heteroatoms. The smallest absolute Gasteiger partial charge is 0.303 e. The van der Waals surface area contributed by atoms with E-state index in [2.05, 4.69) is 25.5 Å². The molecule has 70 valence electrons. The average Bonchev–Trinajstić information content (AvgIpc) is 2.10. The maximum Gasteiger partial charge on any atom is 0.303 e. The molecule has 0 saturated heterocycles. The van der Waals surface area contributed by atoms with E-state index in [0.717, 1.165) is 5.57 Å². The second-order valence-corrected chi connectivity index (χ2v) is 2.46. The lowest BCUT2D eigenvalue weighted by molar-refractivity contribution is -0.142. The van der Waals surface area contributed by atoms with E-state index in [-0.39, 0.29) is 5.97 Å². The fourth-order valence-electron chi connectivity index (χ4n) is 0.885. The molecule has 2 nitrogen and oxygen atoms in total. The Morgan fingerprint density at radius 1 is 1.62 bits per heavy atom. The van der Waals surface area contributed by atoms with Crippen LogP contribution < -0.4 is 0 Å². The number of hydrogen-bond acceptors (Lipinski definition) is 2. The minimum absolute atomic E-state index is 0.346. The molecule has 0 heterocycles. The van der Waals surface area contributed by atoms with Gasteiger partial charge in [-0.05, 0) is 12.5 Å². The van der Waals surface area contributed by atoms with Gasteiger partial charge in [-0.25, -0.2) is 0 Å². The molecule has 0 N–H and O–H groups in total. The van der Waals surface area contributed by atoms with Crippen molar-refractivity contribution in [1.29, 1.82) is 0 Å². The van der Waals surface area contributed by atoms with Gasteiger partial charge in [-0.15, -0.1) is 12.3 Å². The summed E-state index contributed by atoms with van der Waals surface area (Å²) in [5.74, 6) is -0.346. The molecule has 0 aromatic carbocycles. The molecule has 0 aliphatic heterocycles. The molecule has 0 radical (unpaired) electrons. The van der Waals surface area contributed by atoms with Crippen LogP contribution in [0.1, 0.15) is 13.3 Å². The lowest BCUT2D eigenvalue weighted by Crippen LogP contribution is -2.15.